The van der Waals surface area contributed by atoms with Gasteiger partial charge in [-0.1, -0.05) is 29.3 Å². The minimum absolute atomic E-state index is 0.0729. The molecule has 0 fully saturated rings. The summed E-state index contributed by atoms with van der Waals surface area (Å²) in [5.41, 5.74) is 3.57. The average Bonchev–Trinajstić information content (AvgIpc) is 2.75. The monoisotopic (exact) mass is 316 g/mol. The largest absolute Gasteiger partial charge is 0.271 e. The molecule has 2 rings (SSSR count). The second kappa shape index (κ2) is 6.10. The molecule has 1 unspecified atom stereocenters. The molecule has 0 radical (unpaired) electrons. The molecule has 0 saturated heterocycles. The quantitative estimate of drug-likeness (QED) is 0.671. The van der Waals surface area contributed by atoms with E-state index in [1.54, 1.807) is 16.8 Å². The van der Waals surface area contributed by atoms with Crippen LogP contribution in [0.25, 0.3) is 0 Å². The summed E-state index contributed by atoms with van der Waals surface area (Å²) in [4.78, 5) is 0. The lowest BCUT2D eigenvalue weighted by molar-refractivity contribution is 0.467. The molecular weight excluding hydrogens is 302 g/mol. The third-order valence-corrected chi connectivity index (χ3v) is 3.52. The van der Waals surface area contributed by atoms with Crippen LogP contribution in [-0.4, -0.2) is 9.78 Å². The second-order valence-electron chi connectivity index (χ2n) is 4.68. The fourth-order valence-corrected chi connectivity index (χ4v) is 2.48. The van der Waals surface area contributed by atoms with E-state index in [0.29, 0.717) is 21.3 Å². The Morgan fingerprint density at radius 2 is 2.05 bits per heavy atom. The fourth-order valence-electron chi connectivity index (χ4n) is 2.08. The van der Waals surface area contributed by atoms with Gasteiger partial charge in [0.2, 0.25) is 0 Å². The Hall–Kier alpha value is -1.14. The van der Waals surface area contributed by atoms with Gasteiger partial charge in [-0.15, -0.1) is 0 Å². The zero-order valence-corrected chi connectivity index (χ0v) is 12.6. The standard InChI is InChI=1S/C13H15Cl2FN4/c1-7(2)20-13(10(15)6-18-20)12(19-17)9-4-3-8(14)5-11(9)16/h3-7,12,19H,17H2,1-2H3. The summed E-state index contributed by atoms with van der Waals surface area (Å²) >= 11 is 11.9. The molecule has 0 amide bonds. The van der Waals surface area contributed by atoms with Gasteiger partial charge in [-0.25, -0.2) is 9.82 Å². The van der Waals surface area contributed by atoms with Crippen molar-refractivity contribution in [3.8, 4) is 0 Å². The molecule has 1 aromatic carbocycles. The van der Waals surface area contributed by atoms with Gasteiger partial charge in [0.15, 0.2) is 0 Å². The van der Waals surface area contributed by atoms with E-state index in [2.05, 4.69) is 10.5 Å². The maximum absolute atomic E-state index is 14.1. The first-order valence-electron chi connectivity index (χ1n) is 6.09. The molecule has 0 aliphatic heterocycles. The molecule has 20 heavy (non-hydrogen) atoms. The van der Waals surface area contributed by atoms with Gasteiger partial charge >= 0.3 is 0 Å². The SMILES string of the molecule is CC(C)n1ncc(Cl)c1C(NN)c1ccc(Cl)cc1F. The molecule has 4 nitrogen and oxygen atoms in total. The van der Waals surface area contributed by atoms with E-state index >= 15 is 0 Å². The predicted molar refractivity (Wildman–Crippen MR) is 78.2 cm³/mol. The van der Waals surface area contributed by atoms with Gasteiger partial charge in [0, 0.05) is 16.6 Å². The van der Waals surface area contributed by atoms with Crippen LogP contribution in [0.15, 0.2) is 24.4 Å². The number of halogens is 3. The van der Waals surface area contributed by atoms with Crippen molar-refractivity contribution in [1.82, 2.24) is 15.2 Å². The number of rotatable bonds is 4. The minimum Gasteiger partial charge on any atom is -0.271 e. The van der Waals surface area contributed by atoms with Crippen LogP contribution in [0, 0.1) is 5.82 Å². The number of hydrogen-bond donors (Lipinski definition) is 2. The molecule has 1 heterocycles. The van der Waals surface area contributed by atoms with Crippen LogP contribution in [-0.2, 0) is 0 Å². The first-order chi connectivity index (χ1) is 9.45. The smallest absolute Gasteiger partial charge is 0.129 e. The molecule has 108 valence electrons. The second-order valence-corrected chi connectivity index (χ2v) is 5.53. The van der Waals surface area contributed by atoms with Crippen molar-refractivity contribution in [3.63, 3.8) is 0 Å². The molecule has 0 aliphatic rings. The van der Waals surface area contributed by atoms with Crippen LogP contribution in [0.2, 0.25) is 10.0 Å². The highest BCUT2D eigenvalue weighted by Crippen LogP contribution is 2.31. The molecular formula is C13H15Cl2FN4. The van der Waals surface area contributed by atoms with E-state index < -0.39 is 11.9 Å². The molecule has 0 aliphatic carbocycles. The third kappa shape index (κ3) is 2.81. The van der Waals surface area contributed by atoms with E-state index in [1.165, 1.54) is 12.3 Å². The number of nitrogens with one attached hydrogen (secondary N) is 1. The highest BCUT2D eigenvalue weighted by atomic mass is 35.5. The molecule has 3 N–H and O–H groups in total. The number of hydrogen-bond acceptors (Lipinski definition) is 3. The summed E-state index contributed by atoms with van der Waals surface area (Å²) in [6.07, 6.45) is 1.52. The first-order valence-corrected chi connectivity index (χ1v) is 6.85. The van der Waals surface area contributed by atoms with Gasteiger partial charge in [-0.2, -0.15) is 5.10 Å². The lowest BCUT2D eigenvalue weighted by Gasteiger charge is -2.21. The van der Waals surface area contributed by atoms with Crippen LogP contribution >= 0.6 is 23.2 Å². The summed E-state index contributed by atoms with van der Waals surface area (Å²) in [5.74, 6) is 5.14. The van der Waals surface area contributed by atoms with Gasteiger partial charge in [0.25, 0.3) is 0 Å². The lowest BCUT2D eigenvalue weighted by Crippen LogP contribution is -2.32. The fraction of sp³-hybridized carbons (Fsp3) is 0.308. The highest BCUT2D eigenvalue weighted by molar-refractivity contribution is 6.31. The maximum Gasteiger partial charge on any atom is 0.129 e. The van der Waals surface area contributed by atoms with Crippen molar-refractivity contribution in [2.45, 2.75) is 25.9 Å². The van der Waals surface area contributed by atoms with Crippen molar-refractivity contribution in [1.29, 1.82) is 0 Å². The van der Waals surface area contributed by atoms with Crippen LogP contribution in [0.1, 0.15) is 37.2 Å². The van der Waals surface area contributed by atoms with E-state index in [1.807, 2.05) is 13.8 Å². The van der Waals surface area contributed by atoms with E-state index in [0.717, 1.165) is 0 Å². The number of nitrogens with zero attached hydrogens (tertiary/aromatic N) is 2. The molecule has 7 heteroatoms. The normalized spacial score (nSPS) is 12.9. The van der Waals surface area contributed by atoms with Gasteiger partial charge in [-0.05, 0) is 26.0 Å². The number of aromatic nitrogens is 2. The third-order valence-electron chi connectivity index (χ3n) is 2.99. The van der Waals surface area contributed by atoms with E-state index in [4.69, 9.17) is 29.0 Å². The predicted octanol–water partition coefficient (Wildman–Crippen LogP) is 3.46. The lowest BCUT2D eigenvalue weighted by atomic mass is 10.0. The van der Waals surface area contributed by atoms with Crippen molar-refractivity contribution in [3.05, 3.63) is 51.5 Å². The average molecular weight is 317 g/mol. The Balaban J connectivity index is 2.55. The van der Waals surface area contributed by atoms with Gasteiger partial charge in [-0.3, -0.25) is 10.5 Å². The summed E-state index contributed by atoms with van der Waals surface area (Å²) in [6.45, 7) is 3.91. The van der Waals surface area contributed by atoms with Gasteiger partial charge < -0.3 is 0 Å². The summed E-state index contributed by atoms with van der Waals surface area (Å²) in [5, 5.41) is 4.95. The Bertz CT molecular complexity index is 612. The Morgan fingerprint density at radius 1 is 1.35 bits per heavy atom. The first kappa shape index (κ1) is 15.3. The van der Waals surface area contributed by atoms with Gasteiger partial charge in [0.1, 0.15) is 5.82 Å². The van der Waals surface area contributed by atoms with Crippen LogP contribution in [0.4, 0.5) is 4.39 Å². The molecule has 2 aromatic rings. The Morgan fingerprint density at radius 3 is 2.60 bits per heavy atom. The van der Waals surface area contributed by atoms with Crippen LogP contribution in [0.5, 0.6) is 0 Å². The van der Waals surface area contributed by atoms with Crippen molar-refractivity contribution in [2.75, 3.05) is 0 Å². The minimum atomic E-state index is -0.607. The maximum atomic E-state index is 14.1. The number of hydrazine groups is 1. The molecule has 0 spiro atoms. The van der Waals surface area contributed by atoms with E-state index in [9.17, 15) is 4.39 Å². The van der Waals surface area contributed by atoms with Crippen molar-refractivity contribution < 1.29 is 4.39 Å². The van der Waals surface area contributed by atoms with Crippen molar-refractivity contribution >= 4 is 23.2 Å². The van der Waals surface area contributed by atoms with E-state index in [-0.39, 0.29) is 6.04 Å². The highest BCUT2D eigenvalue weighted by Gasteiger charge is 2.24. The summed E-state index contributed by atoms with van der Waals surface area (Å²) in [6, 6.07) is 3.89. The Labute approximate surface area is 126 Å². The number of benzene rings is 1. The Kier molecular flexibility index (Phi) is 4.65. The van der Waals surface area contributed by atoms with Crippen LogP contribution < -0.4 is 11.3 Å². The van der Waals surface area contributed by atoms with Crippen molar-refractivity contribution in [2.24, 2.45) is 5.84 Å². The molecule has 0 bridgehead atoms. The molecule has 1 atom stereocenters. The zero-order valence-electron chi connectivity index (χ0n) is 11.1. The molecule has 1 aromatic heterocycles. The summed E-state index contributed by atoms with van der Waals surface area (Å²) < 4.78 is 15.8. The summed E-state index contributed by atoms with van der Waals surface area (Å²) in [7, 11) is 0. The van der Waals surface area contributed by atoms with Gasteiger partial charge in [0.05, 0.1) is 23.0 Å². The van der Waals surface area contributed by atoms with Crippen LogP contribution in [0.3, 0.4) is 0 Å². The number of nitrogens with two attached hydrogens (primary N) is 1. The molecule has 0 saturated carbocycles. The zero-order chi connectivity index (χ0) is 14.9. The topological polar surface area (TPSA) is 55.9 Å².